The van der Waals surface area contributed by atoms with E-state index in [1.807, 2.05) is 13.8 Å². The molecule has 0 radical (unpaired) electrons. The van der Waals surface area contributed by atoms with Crippen LogP contribution in [-0.2, 0) is 9.53 Å². The molecule has 0 spiro atoms. The van der Waals surface area contributed by atoms with Crippen LogP contribution in [0.4, 0.5) is 0 Å². The molecule has 2 N–H and O–H groups in total. The summed E-state index contributed by atoms with van der Waals surface area (Å²) in [5, 5.41) is 0. The number of hydrogen-bond donors (Lipinski definition) is 1. The summed E-state index contributed by atoms with van der Waals surface area (Å²) in [7, 11) is 1.40. The molecule has 0 saturated carbocycles. The van der Waals surface area contributed by atoms with Crippen molar-refractivity contribution in [2.24, 2.45) is 11.1 Å². The Labute approximate surface area is 80.6 Å². The molecule has 3 heteroatoms. The quantitative estimate of drug-likeness (QED) is 0.666. The van der Waals surface area contributed by atoms with E-state index in [1.165, 1.54) is 7.11 Å². The van der Waals surface area contributed by atoms with E-state index in [-0.39, 0.29) is 12.0 Å². The molecule has 0 aliphatic heterocycles. The predicted octanol–water partition coefficient (Wildman–Crippen LogP) is 1.70. The smallest absolute Gasteiger partial charge is 0.312 e. The van der Waals surface area contributed by atoms with E-state index in [0.717, 1.165) is 19.3 Å². The topological polar surface area (TPSA) is 52.3 Å². The lowest BCUT2D eigenvalue weighted by atomic mass is 9.82. The fraction of sp³-hybridized carbons (Fsp3) is 0.900. The molecule has 0 aromatic heterocycles. The van der Waals surface area contributed by atoms with Crippen molar-refractivity contribution in [1.29, 1.82) is 0 Å². The van der Waals surface area contributed by atoms with Crippen molar-refractivity contribution < 1.29 is 9.53 Å². The maximum absolute atomic E-state index is 11.3. The molecule has 0 aliphatic carbocycles. The summed E-state index contributed by atoms with van der Waals surface area (Å²) in [5.74, 6) is -0.226. The van der Waals surface area contributed by atoms with Gasteiger partial charge in [0.05, 0.1) is 12.5 Å². The summed E-state index contributed by atoms with van der Waals surface area (Å²) in [5.41, 5.74) is 5.35. The summed E-state index contributed by atoms with van der Waals surface area (Å²) in [6.07, 6.45) is 3.03. The van der Waals surface area contributed by atoms with Crippen molar-refractivity contribution in [1.82, 2.24) is 0 Å². The summed E-state index contributed by atoms with van der Waals surface area (Å²) in [6, 6.07) is -0.111. The first-order valence-electron chi connectivity index (χ1n) is 4.80. The molecule has 0 rings (SSSR count). The van der Waals surface area contributed by atoms with Crippen LogP contribution >= 0.6 is 0 Å². The van der Waals surface area contributed by atoms with Gasteiger partial charge in [-0.3, -0.25) is 4.79 Å². The monoisotopic (exact) mass is 187 g/mol. The van der Waals surface area contributed by atoms with E-state index in [9.17, 15) is 4.79 Å². The highest BCUT2D eigenvalue weighted by Gasteiger charge is 2.34. The minimum Gasteiger partial charge on any atom is -0.469 e. The lowest BCUT2D eigenvalue weighted by Gasteiger charge is -2.28. The number of carbonyl (C=O) groups is 1. The lowest BCUT2D eigenvalue weighted by Crippen LogP contribution is -2.43. The van der Waals surface area contributed by atoms with Crippen LogP contribution in [0, 0.1) is 5.41 Å². The summed E-state index contributed by atoms with van der Waals surface area (Å²) in [4.78, 5) is 11.3. The second kappa shape index (κ2) is 5.22. The van der Waals surface area contributed by atoms with Gasteiger partial charge < -0.3 is 10.5 Å². The summed E-state index contributed by atoms with van der Waals surface area (Å²) >= 11 is 0. The van der Waals surface area contributed by atoms with Crippen molar-refractivity contribution in [3.8, 4) is 0 Å². The molecule has 0 aromatic rings. The van der Waals surface area contributed by atoms with Crippen molar-refractivity contribution in [2.45, 2.75) is 46.1 Å². The van der Waals surface area contributed by atoms with Gasteiger partial charge in [0.1, 0.15) is 0 Å². The van der Waals surface area contributed by atoms with E-state index in [2.05, 4.69) is 6.92 Å². The fourth-order valence-corrected chi connectivity index (χ4v) is 1.20. The maximum Gasteiger partial charge on any atom is 0.312 e. The standard InChI is InChI=1S/C10H21NO2/c1-5-6-7-8(11)10(2,3)9(12)13-4/h8H,5-7,11H2,1-4H3. The number of esters is 1. The molecule has 0 heterocycles. The van der Waals surface area contributed by atoms with Gasteiger partial charge in [-0.2, -0.15) is 0 Å². The molecule has 78 valence electrons. The van der Waals surface area contributed by atoms with E-state index < -0.39 is 5.41 Å². The molecule has 0 aromatic carbocycles. The van der Waals surface area contributed by atoms with Crippen LogP contribution in [0.5, 0.6) is 0 Å². The zero-order valence-electron chi connectivity index (χ0n) is 9.09. The summed E-state index contributed by atoms with van der Waals surface area (Å²) < 4.78 is 4.70. The van der Waals surface area contributed by atoms with Crippen LogP contribution in [0.3, 0.4) is 0 Å². The largest absolute Gasteiger partial charge is 0.469 e. The molecule has 0 aliphatic rings. The maximum atomic E-state index is 11.3. The van der Waals surface area contributed by atoms with Crippen LogP contribution in [0.2, 0.25) is 0 Å². The Hall–Kier alpha value is -0.570. The highest BCUT2D eigenvalue weighted by molar-refractivity contribution is 5.76. The van der Waals surface area contributed by atoms with E-state index in [1.54, 1.807) is 0 Å². The van der Waals surface area contributed by atoms with Crippen molar-refractivity contribution in [3.63, 3.8) is 0 Å². The molecule has 1 unspecified atom stereocenters. The second-order valence-electron chi connectivity index (χ2n) is 3.96. The van der Waals surface area contributed by atoms with Crippen LogP contribution in [0.25, 0.3) is 0 Å². The molecule has 0 amide bonds. The minimum absolute atomic E-state index is 0.111. The molecule has 1 atom stereocenters. The molecular formula is C10H21NO2. The first-order valence-corrected chi connectivity index (χ1v) is 4.80. The van der Waals surface area contributed by atoms with E-state index in [0.29, 0.717) is 0 Å². The number of nitrogens with two attached hydrogens (primary N) is 1. The third-order valence-corrected chi connectivity index (χ3v) is 2.51. The van der Waals surface area contributed by atoms with Gasteiger partial charge in [-0.05, 0) is 20.3 Å². The van der Waals surface area contributed by atoms with Crippen LogP contribution in [0.15, 0.2) is 0 Å². The predicted molar refractivity (Wildman–Crippen MR) is 53.3 cm³/mol. The number of carbonyl (C=O) groups excluding carboxylic acids is 1. The second-order valence-corrected chi connectivity index (χ2v) is 3.96. The number of unbranched alkanes of at least 4 members (excludes halogenated alkanes) is 1. The Morgan fingerprint density at radius 3 is 2.46 bits per heavy atom. The molecule has 0 saturated heterocycles. The van der Waals surface area contributed by atoms with E-state index in [4.69, 9.17) is 10.5 Å². The Kier molecular flexibility index (Phi) is 4.99. The Morgan fingerprint density at radius 1 is 1.54 bits per heavy atom. The first-order chi connectivity index (χ1) is 5.96. The van der Waals surface area contributed by atoms with Gasteiger partial charge in [-0.1, -0.05) is 19.8 Å². The average molecular weight is 187 g/mol. The van der Waals surface area contributed by atoms with Crippen LogP contribution in [0.1, 0.15) is 40.0 Å². The molecule has 3 nitrogen and oxygen atoms in total. The number of hydrogen-bond acceptors (Lipinski definition) is 3. The number of rotatable bonds is 5. The van der Waals surface area contributed by atoms with Crippen molar-refractivity contribution in [2.75, 3.05) is 7.11 Å². The molecular weight excluding hydrogens is 166 g/mol. The average Bonchev–Trinajstić information content (AvgIpc) is 2.12. The zero-order chi connectivity index (χ0) is 10.5. The highest BCUT2D eigenvalue weighted by Crippen LogP contribution is 2.24. The van der Waals surface area contributed by atoms with Gasteiger partial charge in [-0.15, -0.1) is 0 Å². The van der Waals surface area contributed by atoms with Gasteiger partial charge in [-0.25, -0.2) is 0 Å². The van der Waals surface area contributed by atoms with Gasteiger partial charge in [0, 0.05) is 6.04 Å². The Morgan fingerprint density at radius 2 is 2.08 bits per heavy atom. The Bertz CT molecular complexity index is 166. The van der Waals surface area contributed by atoms with Crippen LogP contribution in [-0.4, -0.2) is 19.1 Å². The van der Waals surface area contributed by atoms with Gasteiger partial charge in [0.2, 0.25) is 0 Å². The molecule has 0 fully saturated rings. The molecule has 0 bridgehead atoms. The SMILES string of the molecule is CCCCC(N)C(C)(C)C(=O)OC. The van der Waals surface area contributed by atoms with Crippen molar-refractivity contribution >= 4 is 5.97 Å². The summed E-state index contributed by atoms with van der Waals surface area (Å²) in [6.45, 7) is 5.77. The van der Waals surface area contributed by atoms with Crippen LogP contribution < -0.4 is 5.73 Å². The first kappa shape index (κ1) is 12.4. The number of ether oxygens (including phenoxy) is 1. The van der Waals surface area contributed by atoms with Crippen molar-refractivity contribution in [3.05, 3.63) is 0 Å². The van der Waals surface area contributed by atoms with Gasteiger partial charge in [0.25, 0.3) is 0 Å². The lowest BCUT2D eigenvalue weighted by molar-refractivity contribution is -0.152. The minimum atomic E-state index is -0.566. The third-order valence-electron chi connectivity index (χ3n) is 2.51. The third kappa shape index (κ3) is 3.35. The molecule has 13 heavy (non-hydrogen) atoms. The van der Waals surface area contributed by atoms with Gasteiger partial charge in [0.15, 0.2) is 0 Å². The highest BCUT2D eigenvalue weighted by atomic mass is 16.5. The zero-order valence-corrected chi connectivity index (χ0v) is 9.09. The van der Waals surface area contributed by atoms with E-state index >= 15 is 0 Å². The number of methoxy groups -OCH3 is 1. The normalized spacial score (nSPS) is 13.9. The van der Waals surface area contributed by atoms with Gasteiger partial charge >= 0.3 is 5.97 Å². The fourth-order valence-electron chi connectivity index (χ4n) is 1.20. The Balaban J connectivity index is 4.17.